The number of amides is 1. The van der Waals surface area contributed by atoms with Gasteiger partial charge in [-0.2, -0.15) is 0 Å². The van der Waals surface area contributed by atoms with Gasteiger partial charge in [0.1, 0.15) is 5.60 Å². The SMILES string of the molecule is CC(C)(C)OC(=O)NCc1c(C(=O)O)nnn1CCOCCO. The smallest absolute Gasteiger partial charge is 0.407 e. The van der Waals surface area contributed by atoms with E-state index in [1.54, 1.807) is 20.8 Å². The summed E-state index contributed by atoms with van der Waals surface area (Å²) in [7, 11) is 0. The molecule has 1 rings (SSSR count). The molecule has 0 aromatic carbocycles. The lowest BCUT2D eigenvalue weighted by Gasteiger charge is -2.19. The van der Waals surface area contributed by atoms with Crippen LogP contribution in [0.2, 0.25) is 0 Å². The lowest BCUT2D eigenvalue weighted by atomic mass is 10.2. The summed E-state index contributed by atoms with van der Waals surface area (Å²) < 4.78 is 11.5. The number of rotatable bonds is 8. The number of aromatic carboxylic acids is 1. The van der Waals surface area contributed by atoms with Gasteiger partial charge < -0.3 is 25.0 Å². The molecule has 0 saturated heterocycles. The maximum Gasteiger partial charge on any atom is 0.407 e. The molecule has 0 aliphatic rings. The van der Waals surface area contributed by atoms with Gasteiger partial charge in [-0.05, 0) is 20.8 Å². The molecule has 0 saturated carbocycles. The Morgan fingerprint density at radius 3 is 2.57 bits per heavy atom. The summed E-state index contributed by atoms with van der Waals surface area (Å²) in [6.45, 7) is 5.60. The van der Waals surface area contributed by atoms with Crippen molar-refractivity contribution in [3.63, 3.8) is 0 Å². The van der Waals surface area contributed by atoms with Crippen LogP contribution in [0.1, 0.15) is 37.0 Å². The van der Waals surface area contributed by atoms with Gasteiger partial charge in [0.25, 0.3) is 0 Å². The normalized spacial score (nSPS) is 11.3. The fourth-order valence-electron chi connectivity index (χ4n) is 1.64. The van der Waals surface area contributed by atoms with Crippen molar-refractivity contribution in [1.29, 1.82) is 0 Å². The van der Waals surface area contributed by atoms with E-state index in [0.717, 1.165) is 0 Å². The first-order chi connectivity index (χ1) is 10.7. The van der Waals surface area contributed by atoms with E-state index in [1.807, 2.05) is 0 Å². The molecule has 0 aliphatic heterocycles. The van der Waals surface area contributed by atoms with E-state index in [2.05, 4.69) is 15.6 Å². The number of hydrogen-bond acceptors (Lipinski definition) is 7. The fraction of sp³-hybridized carbons (Fsp3) is 0.692. The van der Waals surface area contributed by atoms with E-state index in [1.165, 1.54) is 4.68 Å². The summed E-state index contributed by atoms with van der Waals surface area (Å²) in [4.78, 5) is 22.8. The highest BCUT2D eigenvalue weighted by Crippen LogP contribution is 2.09. The van der Waals surface area contributed by atoms with Gasteiger partial charge in [0.2, 0.25) is 0 Å². The number of aromatic nitrogens is 3. The average molecular weight is 330 g/mol. The summed E-state index contributed by atoms with van der Waals surface area (Å²) in [5.41, 5.74) is -0.671. The highest BCUT2D eigenvalue weighted by atomic mass is 16.6. The molecule has 1 amide bonds. The van der Waals surface area contributed by atoms with Crippen molar-refractivity contribution in [2.45, 2.75) is 39.5 Å². The Morgan fingerprint density at radius 2 is 2.00 bits per heavy atom. The fourth-order valence-corrected chi connectivity index (χ4v) is 1.64. The molecule has 1 aromatic heterocycles. The van der Waals surface area contributed by atoms with Gasteiger partial charge in [-0.1, -0.05) is 5.21 Å². The average Bonchev–Trinajstić information content (AvgIpc) is 2.82. The molecule has 23 heavy (non-hydrogen) atoms. The monoisotopic (exact) mass is 330 g/mol. The van der Waals surface area contributed by atoms with Gasteiger partial charge in [0, 0.05) is 0 Å². The quantitative estimate of drug-likeness (QED) is 0.567. The second kappa shape index (κ2) is 8.44. The van der Waals surface area contributed by atoms with Crippen LogP contribution >= 0.6 is 0 Å². The molecule has 0 aliphatic carbocycles. The second-order valence-electron chi connectivity index (χ2n) is 5.60. The molecule has 0 radical (unpaired) electrons. The second-order valence-corrected chi connectivity index (χ2v) is 5.60. The third-order valence-corrected chi connectivity index (χ3v) is 2.52. The standard InChI is InChI=1S/C13H22N4O6/c1-13(2,3)23-12(21)14-8-9-10(11(19)20)15-16-17(9)4-6-22-7-5-18/h18H,4-8H2,1-3H3,(H,14,21)(H,19,20). The van der Waals surface area contributed by atoms with Crippen LogP contribution in [0.15, 0.2) is 0 Å². The van der Waals surface area contributed by atoms with Gasteiger partial charge in [0.15, 0.2) is 5.69 Å². The number of hydrogen-bond donors (Lipinski definition) is 3. The summed E-state index contributed by atoms with van der Waals surface area (Å²) >= 11 is 0. The third-order valence-electron chi connectivity index (χ3n) is 2.52. The van der Waals surface area contributed by atoms with Crippen LogP contribution in [0.25, 0.3) is 0 Å². The van der Waals surface area contributed by atoms with Crippen molar-refractivity contribution in [2.75, 3.05) is 19.8 Å². The van der Waals surface area contributed by atoms with E-state index < -0.39 is 17.7 Å². The molecule has 0 spiro atoms. The number of carboxylic acids is 1. The number of ether oxygens (including phenoxy) is 2. The Kier molecular flexibility index (Phi) is 6.91. The van der Waals surface area contributed by atoms with E-state index in [-0.39, 0.29) is 44.3 Å². The lowest BCUT2D eigenvalue weighted by Crippen LogP contribution is -2.33. The zero-order valence-corrected chi connectivity index (χ0v) is 13.4. The predicted octanol–water partition coefficient (Wildman–Crippen LogP) is 0.00990. The molecule has 0 atom stereocenters. The van der Waals surface area contributed by atoms with Crippen LogP contribution in [0.3, 0.4) is 0 Å². The number of aliphatic hydroxyl groups is 1. The third kappa shape index (κ3) is 6.61. The topological polar surface area (TPSA) is 136 Å². The van der Waals surface area contributed by atoms with Crippen molar-refractivity contribution >= 4 is 12.1 Å². The Morgan fingerprint density at radius 1 is 1.30 bits per heavy atom. The van der Waals surface area contributed by atoms with E-state index in [9.17, 15) is 9.59 Å². The number of carboxylic acid groups (broad SMARTS) is 1. The van der Waals surface area contributed by atoms with Crippen molar-refractivity contribution in [3.05, 3.63) is 11.4 Å². The van der Waals surface area contributed by atoms with Crippen LogP contribution in [-0.4, -0.2) is 62.7 Å². The van der Waals surface area contributed by atoms with Crippen molar-refractivity contribution in [1.82, 2.24) is 20.3 Å². The van der Waals surface area contributed by atoms with E-state index >= 15 is 0 Å². The molecule has 1 heterocycles. The minimum absolute atomic E-state index is 0.0937. The van der Waals surface area contributed by atoms with Crippen LogP contribution in [0.5, 0.6) is 0 Å². The largest absolute Gasteiger partial charge is 0.476 e. The number of nitrogens with one attached hydrogen (secondary N) is 1. The maximum absolute atomic E-state index is 11.7. The van der Waals surface area contributed by atoms with E-state index in [0.29, 0.717) is 0 Å². The Balaban J connectivity index is 2.71. The lowest BCUT2D eigenvalue weighted by molar-refractivity contribution is 0.0518. The highest BCUT2D eigenvalue weighted by molar-refractivity contribution is 5.86. The van der Waals surface area contributed by atoms with Gasteiger partial charge in [-0.15, -0.1) is 5.10 Å². The Labute approximate surface area is 133 Å². The molecule has 10 heteroatoms. The zero-order valence-electron chi connectivity index (χ0n) is 13.4. The van der Waals surface area contributed by atoms with E-state index in [4.69, 9.17) is 19.7 Å². The predicted molar refractivity (Wildman–Crippen MR) is 78.0 cm³/mol. The zero-order chi connectivity index (χ0) is 17.5. The van der Waals surface area contributed by atoms with Crippen molar-refractivity contribution in [2.24, 2.45) is 0 Å². The Bertz CT molecular complexity index is 537. The van der Waals surface area contributed by atoms with Crippen LogP contribution in [0, 0.1) is 0 Å². The van der Waals surface area contributed by atoms with Crippen molar-refractivity contribution in [3.8, 4) is 0 Å². The Hall–Kier alpha value is -2.20. The molecular formula is C13H22N4O6. The van der Waals surface area contributed by atoms with Gasteiger partial charge >= 0.3 is 12.1 Å². The number of nitrogens with zero attached hydrogens (tertiary/aromatic N) is 3. The molecule has 10 nitrogen and oxygen atoms in total. The first-order valence-electron chi connectivity index (χ1n) is 7.05. The summed E-state index contributed by atoms with van der Waals surface area (Å²) in [5, 5.41) is 27.5. The number of alkyl carbamates (subject to hydrolysis) is 1. The van der Waals surface area contributed by atoms with Crippen molar-refractivity contribution < 1.29 is 29.3 Å². The summed E-state index contributed by atoms with van der Waals surface area (Å²) in [6.07, 6.45) is -0.668. The maximum atomic E-state index is 11.7. The molecule has 130 valence electrons. The minimum Gasteiger partial charge on any atom is -0.476 e. The molecular weight excluding hydrogens is 308 g/mol. The number of carbonyl (C=O) groups excluding carboxylic acids is 1. The first kappa shape index (κ1) is 18.8. The summed E-state index contributed by atoms with van der Waals surface area (Å²) in [6, 6.07) is 0. The molecule has 3 N–H and O–H groups in total. The molecule has 0 unspecified atom stereocenters. The summed E-state index contributed by atoms with van der Waals surface area (Å²) in [5.74, 6) is -1.24. The first-order valence-corrected chi connectivity index (χ1v) is 7.05. The van der Waals surface area contributed by atoms with Crippen LogP contribution in [-0.2, 0) is 22.6 Å². The molecule has 0 bridgehead atoms. The van der Waals surface area contributed by atoms with Gasteiger partial charge in [0.05, 0.1) is 38.6 Å². The minimum atomic E-state index is -1.24. The van der Waals surface area contributed by atoms with Gasteiger partial charge in [-0.3, -0.25) is 0 Å². The van der Waals surface area contributed by atoms with Gasteiger partial charge in [-0.25, -0.2) is 14.3 Å². The van der Waals surface area contributed by atoms with Crippen LogP contribution < -0.4 is 5.32 Å². The molecule has 1 aromatic rings. The number of aliphatic hydroxyl groups excluding tert-OH is 1. The van der Waals surface area contributed by atoms with Crippen LogP contribution in [0.4, 0.5) is 4.79 Å². The molecule has 0 fully saturated rings. The number of carbonyl (C=O) groups is 2. The highest BCUT2D eigenvalue weighted by Gasteiger charge is 2.21.